The fourth-order valence-electron chi connectivity index (χ4n) is 1.62. The lowest BCUT2D eigenvalue weighted by atomic mass is 10.3. The molecule has 4 nitrogen and oxygen atoms in total. The van der Waals surface area contributed by atoms with Crippen molar-refractivity contribution in [3.8, 4) is 11.5 Å². The van der Waals surface area contributed by atoms with E-state index in [-0.39, 0.29) is 19.0 Å². The Balaban J connectivity index is 1.82. The second kappa shape index (κ2) is 7.28. The highest BCUT2D eigenvalue weighted by Gasteiger charge is 2.10. The van der Waals surface area contributed by atoms with Crippen molar-refractivity contribution in [2.24, 2.45) is 0 Å². The van der Waals surface area contributed by atoms with E-state index in [1.807, 2.05) is 0 Å². The van der Waals surface area contributed by atoms with E-state index in [2.05, 4.69) is 15.9 Å². The van der Waals surface area contributed by atoms with Crippen LogP contribution in [-0.2, 0) is 0 Å². The molecule has 0 amide bonds. The minimum absolute atomic E-state index is 0.0269. The van der Waals surface area contributed by atoms with Crippen LogP contribution in [-0.4, -0.2) is 24.4 Å². The summed E-state index contributed by atoms with van der Waals surface area (Å²) in [5.41, 5.74) is 6.20. The summed E-state index contributed by atoms with van der Waals surface area (Å²) >= 11 is 3.23. The molecule has 0 fully saturated rings. The average molecular weight is 356 g/mol. The van der Waals surface area contributed by atoms with Crippen LogP contribution in [0, 0.1) is 5.82 Å². The summed E-state index contributed by atoms with van der Waals surface area (Å²) in [4.78, 5) is 0. The number of hydrogen-bond donors (Lipinski definition) is 2. The maximum atomic E-state index is 13.4. The molecule has 0 saturated carbocycles. The third-order valence-corrected chi connectivity index (χ3v) is 3.12. The number of nitrogen functional groups attached to an aromatic ring is 1. The van der Waals surface area contributed by atoms with Gasteiger partial charge in [-0.15, -0.1) is 0 Å². The first-order valence-corrected chi connectivity index (χ1v) is 7.08. The van der Waals surface area contributed by atoms with Gasteiger partial charge in [-0.05, 0) is 30.3 Å². The van der Waals surface area contributed by atoms with E-state index < -0.39 is 11.9 Å². The second-order valence-corrected chi connectivity index (χ2v) is 5.34. The fraction of sp³-hybridized carbons (Fsp3) is 0.200. The van der Waals surface area contributed by atoms with Crippen molar-refractivity contribution >= 4 is 21.6 Å². The molecular formula is C15H15BrFNO3. The van der Waals surface area contributed by atoms with Gasteiger partial charge in [0.2, 0.25) is 0 Å². The molecule has 6 heteroatoms. The molecule has 2 rings (SSSR count). The predicted molar refractivity (Wildman–Crippen MR) is 82.0 cm³/mol. The first-order valence-electron chi connectivity index (χ1n) is 6.29. The number of nitrogens with two attached hydrogens (primary N) is 1. The number of aliphatic hydroxyl groups excluding tert-OH is 1. The van der Waals surface area contributed by atoms with Crippen LogP contribution in [0.15, 0.2) is 46.9 Å². The maximum Gasteiger partial charge on any atom is 0.165 e. The molecule has 2 aromatic carbocycles. The first kappa shape index (κ1) is 15.6. The van der Waals surface area contributed by atoms with Gasteiger partial charge in [-0.1, -0.05) is 22.0 Å². The lowest BCUT2D eigenvalue weighted by molar-refractivity contribution is 0.0612. The number of aliphatic hydroxyl groups is 1. The Morgan fingerprint density at radius 3 is 2.67 bits per heavy atom. The van der Waals surface area contributed by atoms with Gasteiger partial charge < -0.3 is 20.3 Å². The van der Waals surface area contributed by atoms with Gasteiger partial charge in [0, 0.05) is 16.2 Å². The van der Waals surface area contributed by atoms with E-state index >= 15 is 0 Å². The van der Waals surface area contributed by atoms with Crippen LogP contribution in [0.25, 0.3) is 0 Å². The Hall–Kier alpha value is -1.79. The lowest BCUT2D eigenvalue weighted by Crippen LogP contribution is -2.25. The van der Waals surface area contributed by atoms with Crippen LogP contribution in [0.5, 0.6) is 11.5 Å². The summed E-state index contributed by atoms with van der Waals surface area (Å²) in [5, 5.41) is 9.79. The van der Waals surface area contributed by atoms with Crippen LogP contribution < -0.4 is 15.2 Å². The molecule has 3 N–H and O–H groups in total. The van der Waals surface area contributed by atoms with E-state index in [0.717, 1.165) is 0 Å². The molecule has 0 aliphatic heterocycles. The third-order valence-electron chi connectivity index (χ3n) is 2.62. The van der Waals surface area contributed by atoms with Crippen molar-refractivity contribution in [1.82, 2.24) is 0 Å². The van der Waals surface area contributed by atoms with Gasteiger partial charge in [0.25, 0.3) is 0 Å². The van der Waals surface area contributed by atoms with Crippen LogP contribution in [0.3, 0.4) is 0 Å². The van der Waals surface area contributed by atoms with Crippen molar-refractivity contribution < 1.29 is 19.0 Å². The van der Waals surface area contributed by atoms with Gasteiger partial charge >= 0.3 is 0 Å². The standard InChI is InChI=1S/C15H15BrFNO3/c16-10-4-5-14(17)15(6-10)21-9-12(19)8-20-13-3-1-2-11(18)7-13/h1-7,12,19H,8-9,18H2. The molecule has 112 valence electrons. The van der Waals surface area contributed by atoms with Gasteiger partial charge in [-0.2, -0.15) is 0 Å². The van der Waals surface area contributed by atoms with Gasteiger partial charge in [0.05, 0.1) is 0 Å². The van der Waals surface area contributed by atoms with Crippen LogP contribution in [0.1, 0.15) is 0 Å². The summed E-state index contributed by atoms with van der Waals surface area (Å²) in [6.07, 6.45) is -0.884. The molecule has 0 radical (unpaired) electrons. The minimum atomic E-state index is -0.884. The molecule has 0 saturated heterocycles. The highest BCUT2D eigenvalue weighted by atomic mass is 79.9. The Bertz CT molecular complexity index is 609. The third kappa shape index (κ3) is 4.91. The molecule has 0 spiro atoms. The minimum Gasteiger partial charge on any atom is -0.491 e. The summed E-state index contributed by atoms with van der Waals surface area (Å²) in [7, 11) is 0. The number of halogens is 2. The highest BCUT2D eigenvalue weighted by molar-refractivity contribution is 9.10. The largest absolute Gasteiger partial charge is 0.491 e. The molecule has 0 heterocycles. The highest BCUT2D eigenvalue weighted by Crippen LogP contribution is 2.22. The van der Waals surface area contributed by atoms with E-state index in [4.69, 9.17) is 15.2 Å². The van der Waals surface area contributed by atoms with Crippen LogP contribution >= 0.6 is 15.9 Å². The second-order valence-electron chi connectivity index (χ2n) is 4.42. The SMILES string of the molecule is Nc1cccc(OCC(O)COc2cc(Br)ccc2F)c1. The van der Waals surface area contributed by atoms with Crippen LogP contribution in [0.4, 0.5) is 10.1 Å². The monoisotopic (exact) mass is 355 g/mol. The van der Waals surface area contributed by atoms with Crippen molar-refractivity contribution in [1.29, 1.82) is 0 Å². The quantitative estimate of drug-likeness (QED) is 0.781. The molecule has 1 atom stereocenters. The zero-order valence-electron chi connectivity index (χ0n) is 11.1. The zero-order valence-corrected chi connectivity index (χ0v) is 12.7. The topological polar surface area (TPSA) is 64.7 Å². The normalized spacial score (nSPS) is 12.0. The van der Waals surface area contributed by atoms with E-state index in [0.29, 0.717) is 15.9 Å². The smallest absolute Gasteiger partial charge is 0.165 e. The molecular weight excluding hydrogens is 341 g/mol. The number of hydrogen-bond acceptors (Lipinski definition) is 4. The number of rotatable bonds is 6. The lowest BCUT2D eigenvalue weighted by Gasteiger charge is -2.14. The number of benzene rings is 2. The number of anilines is 1. The van der Waals surface area contributed by atoms with Crippen LogP contribution in [0.2, 0.25) is 0 Å². The van der Waals surface area contributed by atoms with E-state index in [9.17, 15) is 9.50 Å². The maximum absolute atomic E-state index is 13.4. The molecule has 1 unspecified atom stereocenters. The molecule has 0 aliphatic carbocycles. The summed E-state index contributed by atoms with van der Waals surface area (Å²) < 4.78 is 24.8. The molecule has 0 bridgehead atoms. The fourth-order valence-corrected chi connectivity index (χ4v) is 1.96. The van der Waals surface area contributed by atoms with Gasteiger partial charge in [0.15, 0.2) is 11.6 Å². The Kier molecular flexibility index (Phi) is 5.41. The summed E-state index contributed by atoms with van der Waals surface area (Å²) in [6.45, 7) is -0.0469. The average Bonchev–Trinajstić information content (AvgIpc) is 2.46. The van der Waals surface area contributed by atoms with E-state index in [1.165, 1.54) is 12.1 Å². The number of ether oxygens (including phenoxy) is 2. The van der Waals surface area contributed by atoms with Gasteiger partial charge in [0.1, 0.15) is 25.1 Å². The molecule has 21 heavy (non-hydrogen) atoms. The Labute approximate surface area is 130 Å². The van der Waals surface area contributed by atoms with Gasteiger partial charge in [-0.25, -0.2) is 4.39 Å². The zero-order chi connectivity index (χ0) is 15.2. The van der Waals surface area contributed by atoms with Crippen molar-refractivity contribution in [3.05, 3.63) is 52.8 Å². The van der Waals surface area contributed by atoms with E-state index in [1.54, 1.807) is 30.3 Å². The molecule has 0 aromatic heterocycles. The molecule has 2 aromatic rings. The Morgan fingerprint density at radius 2 is 1.90 bits per heavy atom. The Morgan fingerprint density at radius 1 is 1.14 bits per heavy atom. The first-order chi connectivity index (χ1) is 10.0. The summed E-state index contributed by atoms with van der Waals surface area (Å²) in [6, 6.07) is 11.2. The summed E-state index contributed by atoms with van der Waals surface area (Å²) in [5.74, 6) is 0.150. The van der Waals surface area contributed by atoms with Crippen molar-refractivity contribution in [2.75, 3.05) is 18.9 Å². The van der Waals surface area contributed by atoms with Crippen molar-refractivity contribution in [3.63, 3.8) is 0 Å². The molecule has 0 aliphatic rings. The van der Waals surface area contributed by atoms with Crippen molar-refractivity contribution in [2.45, 2.75) is 6.10 Å². The predicted octanol–water partition coefficient (Wildman–Crippen LogP) is 2.99. The van der Waals surface area contributed by atoms with Gasteiger partial charge in [-0.3, -0.25) is 0 Å².